The van der Waals surface area contributed by atoms with E-state index in [0.29, 0.717) is 0 Å². The van der Waals surface area contributed by atoms with Crippen LogP contribution in [0.4, 0.5) is 0 Å². The third-order valence-corrected chi connectivity index (χ3v) is 2.60. The zero-order valence-electron chi connectivity index (χ0n) is 8.03. The molecule has 0 aromatic carbocycles. The van der Waals surface area contributed by atoms with Crippen LogP contribution in [0, 0.1) is 0 Å². The SMILES string of the molecule is CC(C)(O)c1cnc2cc(Br)ccn12. The van der Waals surface area contributed by atoms with Gasteiger partial charge in [0, 0.05) is 10.7 Å². The molecule has 0 unspecified atom stereocenters. The van der Waals surface area contributed by atoms with Crippen LogP contribution in [-0.4, -0.2) is 14.5 Å². The summed E-state index contributed by atoms with van der Waals surface area (Å²) in [5.41, 5.74) is 0.754. The van der Waals surface area contributed by atoms with Crippen LogP contribution in [0.2, 0.25) is 0 Å². The first-order valence-corrected chi connectivity index (χ1v) is 5.13. The van der Waals surface area contributed by atoms with Gasteiger partial charge in [0.05, 0.1) is 11.9 Å². The summed E-state index contributed by atoms with van der Waals surface area (Å²) in [6, 6.07) is 3.83. The minimum Gasteiger partial charge on any atom is -0.384 e. The number of pyridine rings is 1. The molecule has 0 aliphatic heterocycles. The molecule has 0 fully saturated rings. The van der Waals surface area contributed by atoms with Crippen LogP contribution in [0.5, 0.6) is 0 Å². The number of hydrogen-bond acceptors (Lipinski definition) is 2. The molecule has 0 atom stereocenters. The van der Waals surface area contributed by atoms with Gasteiger partial charge in [0.2, 0.25) is 0 Å². The van der Waals surface area contributed by atoms with Crippen LogP contribution in [0.1, 0.15) is 19.5 Å². The van der Waals surface area contributed by atoms with Crippen LogP contribution in [0.3, 0.4) is 0 Å². The Morgan fingerprint density at radius 3 is 2.86 bits per heavy atom. The van der Waals surface area contributed by atoms with E-state index in [9.17, 15) is 5.11 Å². The minimum absolute atomic E-state index is 0.792. The number of rotatable bonds is 1. The first-order chi connectivity index (χ1) is 6.48. The monoisotopic (exact) mass is 254 g/mol. The third kappa shape index (κ3) is 1.55. The molecule has 0 saturated heterocycles. The zero-order chi connectivity index (χ0) is 10.3. The second-order valence-corrected chi connectivity index (χ2v) is 4.69. The molecular formula is C10H11BrN2O. The Bertz CT molecular complexity index is 470. The van der Waals surface area contributed by atoms with Gasteiger partial charge in [-0.3, -0.25) is 0 Å². The summed E-state index contributed by atoms with van der Waals surface area (Å²) >= 11 is 3.38. The molecule has 0 bridgehead atoms. The highest BCUT2D eigenvalue weighted by atomic mass is 79.9. The molecule has 14 heavy (non-hydrogen) atoms. The lowest BCUT2D eigenvalue weighted by Crippen LogP contribution is -2.17. The maximum atomic E-state index is 9.87. The molecular weight excluding hydrogens is 244 g/mol. The van der Waals surface area contributed by atoms with E-state index in [-0.39, 0.29) is 0 Å². The van der Waals surface area contributed by atoms with Crippen molar-refractivity contribution in [1.82, 2.24) is 9.38 Å². The first-order valence-electron chi connectivity index (χ1n) is 4.34. The van der Waals surface area contributed by atoms with Gasteiger partial charge >= 0.3 is 0 Å². The number of halogens is 1. The molecule has 4 heteroatoms. The Balaban J connectivity index is 2.70. The second kappa shape index (κ2) is 3.07. The molecule has 0 spiro atoms. The van der Waals surface area contributed by atoms with E-state index in [1.165, 1.54) is 0 Å². The molecule has 0 aliphatic carbocycles. The van der Waals surface area contributed by atoms with Gasteiger partial charge in [0.15, 0.2) is 0 Å². The fourth-order valence-corrected chi connectivity index (χ4v) is 1.73. The molecule has 3 nitrogen and oxygen atoms in total. The van der Waals surface area contributed by atoms with Crippen molar-refractivity contribution in [2.45, 2.75) is 19.4 Å². The van der Waals surface area contributed by atoms with E-state index in [1.54, 1.807) is 20.0 Å². The number of nitrogens with zero attached hydrogens (tertiary/aromatic N) is 2. The quantitative estimate of drug-likeness (QED) is 0.849. The summed E-state index contributed by atoms with van der Waals surface area (Å²) in [5.74, 6) is 0. The molecule has 1 N–H and O–H groups in total. The summed E-state index contributed by atoms with van der Waals surface area (Å²) in [6.07, 6.45) is 3.58. The van der Waals surface area contributed by atoms with Gasteiger partial charge < -0.3 is 9.51 Å². The average Bonchev–Trinajstić information content (AvgIpc) is 2.45. The van der Waals surface area contributed by atoms with Crippen molar-refractivity contribution in [1.29, 1.82) is 0 Å². The van der Waals surface area contributed by atoms with E-state index < -0.39 is 5.60 Å². The Labute approximate surface area is 90.5 Å². The maximum absolute atomic E-state index is 9.87. The van der Waals surface area contributed by atoms with E-state index in [1.807, 2.05) is 22.7 Å². The first kappa shape index (κ1) is 9.68. The highest BCUT2D eigenvalue weighted by molar-refractivity contribution is 9.10. The molecule has 2 aromatic heterocycles. The Morgan fingerprint density at radius 2 is 2.21 bits per heavy atom. The fourth-order valence-electron chi connectivity index (χ4n) is 1.41. The van der Waals surface area contributed by atoms with Gasteiger partial charge in [0.25, 0.3) is 0 Å². The smallest absolute Gasteiger partial charge is 0.138 e. The minimum atomic E-state index is -0.868. The summed E-state index contributed by atoms with van der Waals surface area (Å²) in [6.45, 7) is 3.50. The summed E-state index contributed by atoms with van der Waals surface area (Å²) in [5, 5.41) is 9.87. The number of fused-ring (bicyclic) bond motifs is 1. The largest absolute Gasteiger partial charge is 0.384 e. The predicted octanol–water partition coefficient (Wildman–Crippen LogP) is 2.32. The van der Waals surface area contributed by atoms with Crippen molar-refractivity contribution < 1.29 is 5.11 Å². The lowest BCUT2D eigenvalue weighted by Gasteiger charge is -2.16. The lowest BCUT2D eigenvalue weighted by atomic mass is 10.1. The van der Waals surface area contributed by atoms with Gasteiger partial charge in [-0.2, -0.15) is 0 Å². The molecule has 74 valence electrons. The topological polar surface area (TPSA) is 37.5 Å². The molecule has 0 radical (unpaired) electrons. The van der Waals surface area contributed by atoms with Crippen molar-refractivity contribution in [2.75, 3.05) is 0 Å². The highest BCUT2D eigenvalue weighted by Gasteiger charge is 2.20. The van der Waals surface area contributed by atoms with Crippen LogP contribution in [0.15, 0.2) is 29.0 Å². The summed E-state index contributed by atoms with van der Waals surface area (Å²) in [4.78, 5) is 4.22. The third-order valence-electron chi connectivity index (χ3n) is 2.10. The number of aliphatic hydroxyl groups is 1. The van der Waals surface area contributed by atoms with Gasteiger partial charge in [-0.1, -0.05) is 15.9 Å². The van der Waals surface area contributed by atoms with E-state index >= 15 is 0 Å². The van der Waals surface area contributed by atoms with E-state index in [0.717, 1.165) is 15.8 Å². The van der Waals surface area contributed by atoms with E-state index in [2.05, 4.69) is 20.9 Å². The Hall–Kier alpha value is -0.870. The van der Waals surface area contributed by atoms with Crippen LogP contribution < -0.4 is 0 Å². The van der Waals surface area contributed by atoms with Crippen LogP contribution in [-0.2, 0) is 5.60 Å². The molecule has 0 amide bonds. The normalized spacial score (nSPS) is 12.3. The molecule has 2 rings (SSSR count). The van der Waals surface area contributed by atoms with Crippen LogP contribution >= 0.6 is 15.9 Å². The fraction of sp³-hybridized carbons (Fsp3) is 0.300. The molecule has 0 saturated carbocycles. The molecule has 2 heterocycles. The molecule has 0 aliphatic rings. The highest BCUT2D eigenvalue weighted by Crippen LogP contribution is 2.22. The molecule has 2 aromatic rings. The van der Waals surface area contributed by atoms with Crippen LogP contribution in [0.25, 0.3) is 5.65 Å². The number of imidazole rings is 1. The van der Waals surface area contributed by atoms with Gasteiger partial charge in [-0.25, -0.2) is 4.98 Å². The zero-order valence-corrected chi connectivity index (χ0v) is 9.62. The van der Waals surface area contributed by atoms with Crippen molar-refractivity contribution in [3.05, 3.63) is 34.7 Å². The average molecular weight is 255 g/mol. The van der Waals surface area contributed by atoms with Gasteiger partial charge in [-0.15, -0.1) is 0 Å². The predicted molar refractivity (Wildman–Crippen MR) is 58.1 cm³/mol. The van der Waals surface area contributed by atoms with Gasteiger partial charge in [0.1, 0.15) is 11.2 Å². The summed E-state index contributed by atoms with van der Waals surface area (Å²) in [7, 11) is 0. The van der Waals surface area contributed by atoms with E-state index in [4.69, 9.17) is 0 Å². The lowest BCUT2D eigenvalue weighted by molar-refractivity contribution is 0.0729. The Kier molecular flexibility index (Phi) is 2.12. The maximum Gasteiger partial charge on any atom is 0.138 e. The second-order valence-electron chi connectivity index (χ2n) is 3.78. The number of aromatic nitrogens is 2. The van der Waals surface area contributed by atoms with Crippen molar-refractivity contribution in [2.24, 2.45) is 0 Å². The number of hydrogen-bond donors (Lipinski definition) is 1. The van der Waals surface area contributed by atoms with Crippen molar-refractivity contribution in [3.63, 3.8) is 0 Å². The standard InChI is InChI=1S/C10H11BrN2O/c1-10(2,14)8-6-12-9-5-7(11)3-4-13(8)9/h3-6,14H,1-2H3. The Morgan fingerprint density at radius 1 is 1.50 bits per heavy atom. The summed E-state index contributed by atoms with van der Waals surface area (Å²) < 4.78 is 2.86. The van der Waals surface area contributed by atoms with Gasteiger partial charge in [-0.05, 0) is 26.0 Å². The van der Waals surface area contributed by atoms with Crippen molar-refractivity contribution >= 4 is 21.6 Å². The van der Waals surface area contributed by atoms with Crippen molar-refractivity contribution in [3.8, 4) is 0 Å².